The molecular formula is C14H13BrN2O3. The number of benzene rings is 1. The predicted octanol–water partition coefficient (Wildman–Crippen LogP) is 2.88. The maximum atomic E-state index is 11.5. The highest BCUT2D eigenvalue weighted by Crippen LogP contribution is 2.15. The monoisotopic (exact) mass is 336 g/mol. The normalized spacial score (nSPS) is 10.7. The van der Waals surface area contributed by atoms with E-state index in [4.69, 9.17) is 9.15 Å². The minimum absolute atomic E-state index is 0.0932. The Bertz CT molecular complexity index is 622. The summed E-state index contributed by atoms with van der Waals surface area (Å²) in [6.07, 6.45) is 1.41. The zero-order valence-corrected chi connectivity index (χ0v) is 12.4. The topological polar surface area (TPSA) is 63.8 Å². The molecule has 0 aliphatic carbocycles. The summed E-state index contributed by atoms with van der Waals surface area (Å²) in [5, 5.41) is 3.77. The van der Waals surface area contributed by atoms with Crippen molar-refractivity contribution in [1.29, 1.82) is 0 Å². The van der Waals surface area contributed by atoms with Crippen molar-refractivity contribution in [2.45, 2.75) is 6.92 Å². The van der Waals surface area contributed by atoms with Crippen molar-refractivity contribution in [3.05, 3.63) is 52.4 Å². The third kappa shape index (κ3) is 4.24. The molecule has 1 aromatic heterocycles. The summed E-state index contributed by atoms with van der Waals surface area (Å²) >= 11 is 3.17. The SMILES string of the molecule is Cc1ccccc1OCC(=O)NN=Cc1ccc(Br)o1. The Morgan fingerprint density at radius 2 is 2.20 bits per heavy atom. The van der Waals surface area contributed by atoms with Crippen LogP contribution in [0.3, 0.4) is 0 Å². The number of halogens is 1. The molecule has 1 amide bonds. The van der Waals surface area contributed by atoms with Gasteiger partial charge in [0.25, 0.3) is 5.91 Å². The van der Waals surface area contributed by atoms with E-state index in [9.17, 15) is 4.79 Å². The highest BCUT2D eigenvalue weighted by atomic mass is 79.9. The van der Waals surface area contributed by atoms with Gasteiger partial charge < -0.3 is 9.15 Å². The largest absolute Gasteiger partial charge is 0.483 e. The number of aryl methyl sites for hydroxylation is 1. The number of rotatable bonds is 5. The first-order valence-corrected chi connectivity index (χ1v) is 6.70. The Morgan fingerprint density at radius 3 is 2.90 bits per heavy atom. The van der Waals surface area contributed by atoms with Gasteiger partial charge >= 0.3 is 0 Å². The predicted molar refractivity (Wildman–Crippen MR) is 78.8 cm³/mol. The summed E-state index contributed by atoms with van der Waals surface area (Å²) in [6.45, 7) is 1.82. The van der Waals surface area contributed by atoms with Crippen LogP contribution in [0, 0.1) is 6.92 Å². The van der Waals surface area contributed by atoms with Crippen molar-refractivity contribution in [2.75, 3.05) is 6.61 Å². The molecule has 104 valence electrons. The van der Waals surface area contributed by atoms with Crippen LogP contribution in [0.4, 0.5) is 0 Å². The summed E-state index contributed by atoms with van der Waals surface area (Å²) in [5.41, 5.74) is 3.34. The molecule has 1 aromatic carbocycles. The van der Waals surface area contributed by atoms with E-state index in [1.54, 1.807) is 12.1 Å². The lowest BCUT2D eigenvalue weighted by Gasteiger charge is -2.07. The van der Waals surface area contributed by atoms with Crippen LogP contribution in [-0.2, 0) is 4.79 Å². The molecule has 6 heteroatoms. The Morgan fingerprint density at radius 1 is 1.40 bits per heavy atom. The van der Waals surface area contributed by atoms with E-state index in [0.29, 0.717) is 16.2 Å². The van der Waals surface area contributed by atoms with E-state index in [1.807, 2.05) is 31.2 Å². The van der Waals surface area contributed by atoms with Gasteiger partial charge in [0.2, 0.25) is 0 Å². The highest BCUT2D eigenvalue weighted by molar-refractivity contribution is 9.10. The van der Waals surface area contributed by atoms with E-state index in [0.717, 1.165) is 5.56 Å². The van der Waals surface area contributed by atoms with Gasteiger partial charge in [-0.25, -0.2) is 5.43 Å². The molecule has 2 aromatic rings. The van der Waals surface area contributed by atoms with E-state index in [2.05, 4.69) is 26.5 Å². The average molecular weight is 337 g/mol. The van der Waals surface area contributed by atoms with E-state index >= 15 is 0 Å². The first kappa shape index (κ1) is 14.3. The average Bonchev–Trinajstić information content (AvgIpc) is 2.83. The summed E-state index contributed by atoms with van der Waals surface area (Å²) in [4.78, 5) is 11.5. The zero-order chi connectivity index (χ0) is 14.4. The Labute approximate surface area is 124 Å². The molecule has 1 heterocycles. The van der Waals surface area contributed by atoms with Gasteiger partial charge in [-0.1, -0.05) is 18.2 Å². The summed E-state index contributed by atoms with van der Waals surface area (Å²) < 4.78 is 11.2. The van der Waals surface area contributed by atoms with E-state index in [-0.39, 0.29) is 12.5 Å². The highest BCUT2D eigenvalue weighted by Gasteiger charge is 2.03. The molecule has 0 bridgehead atoms. The first-order chi connectivity index (χ1) is 9.65. The molecule has 0 saturated carbocycles. The fraction of sp³-hybridized carbons (Fsp3) is 0.143. The number of amides is 1. The Balaban J connectivity index is 1.78. The van der Waals surface area contributed by atoms with Gasteiger partial charge in [-0.15, -0.1) is 0 Å². The molecule has 0 radical (unpaired) electrons. The molecule has 1 N–H and O–H groups in total. The summed E-state index contributed by atoms with van der Waals surface area (Å²) in [7, 11) is 0. The smallest absolute Gasteiger partial charge is 0.277 e. The number of nitrogens with one attached hydrogen (secondary N) is 1. The van der Waals surface area contributed by atoms with Gasteiger partial charge in [-0.2, -0.15) is 5.10 Å². The lowest BCUT2D eigenvalue weighted by molar-refractivity contribution is -0.123. The van der Waals surface area contributed by atoms with Gasteiger partial charge in [0.1, 0.15) is 11.5 Å². The quantitative estimate of drug-likeness (QED) is 0.674. The maximum Gasteiger partial charge on any atom is 0.277 e. The van der Waals surface area contributed by atoms with Crippen LogP contribution in [0.25, 0.3) is 0 Å². The minimum atomic E-state index is -0.338. The van der Waals surface area contributed by atoms with Crippen LogP contribution in [0.2, 0.25) is 0 Å². The van der Waals surface area contributed by atoms with Gasteiger partial charge in [0, 0.05) is 0 Å². The van der Waals surface area contributed by atoms with Crippen molar-refractivity contribution in [1.82, 2.24) is 5.43 Å². The molecule has 0 atom stereocenters. The summed E-state index contributed by atoms with van der Waals surface area (Å²) in [5.74, 6) is 0.883. The van der Waals surface area contributed by atoms with Gasteiger partial charge in [0.05, 0.1) is 6.21 Å². The lowest BCUT2D eigenvalue weighted by atomic mass is 10.2. The lowest BCUT2D eigenvalue weighted by Crippen LogP contribution is -2.24. The van der Waals surface area contributed by atoms with Crippen molar-refractivity contribution in [2.24, 2.45) is 5.10 Å². The number of hydrogen-bond donors (Lipinski definition) is 1. The number of hydrogen-bond acceptors (Lipinski definition) is 4. The van der Waals surface area contributed by atoms with Gasteiger partial charge in [0.15, 0.2) is 11.3 Å². The summed E-state index contributed by atoms with van der Waals surface area (Å²) in [6, 6.07) is 11.0. The second-order valence-corrected chi connectivity index (χ2v) is 4.77. The second kappa shape index (κ2) is 6.91. The van der Waals surface area contributed by atoms with Crippen molar-refractivity contribution >= 4 is 28.1 Å². The van der Waals surface area contributed by atoms with Gasteiger partial charge in [-0.05, 0) is 46.6 Å². The van der Waals surface area contributed by atoms with Gasteiger partial charge in [-0.3, -0.25) is 4.79 Å². The first-order valence-electron chi connectivity index (χ1n) is 5.91. The Kier molecular flexibility index (Phi) is 4.95. The van der Waals surface area contributed by atoms with Crippen molar-refractivity contribution in [3.8, 4) is 5.75 Å². The standard InChI is InChI=1S/C14H13BrN2O3/c1-10-4-2-3-5-12(10)19-9-14(18)17-16-8-11-6-7-13(15)20-11/h2-8H,9H2,1H3,(H,17,18). The third-order valence-electron chi connectivity index (χ3n) is 2.43. The number of para-hydroxylation sites is 1. The molecule has 0 aliphatic rings. The molecular weight excluding hydrogens is 324 g/mol. The van der Waals surface area contributed by atoms with Crippen LogP contribution in [0.1, 0.15) is 11.3 Å². The third-order valence-corrected chi connectivity index (χ3v) is 2.85. The maximum absolute atomic E-state index is 11.5. The molecule has 0 unspecified atom stereocenters. The number of carbonyl (C=O) groups excluding carboxylic acids is 1. The Hall–Kier alpha value is -2.08. The molecule has 5 nitrogen and oxygen atoms in total. The minimum Gasteiger partial charge on any atom is -0.483 e. The van der Waals surface area contributed by atoms with Crippen LogP contribution in [-0.4, -0.2) is 18.7 Å². The molecule has 0 spiro atoms. The zero-order valence-electron chi connectivity index (χ0n) is 10.8. The molecule has 0 fully saturated rings. The van der Waals surface area contributed by atoms with Crippen LogP contribution < -0.4 is 10.2 Å². The molecule has 0 saturated heterocycles. The van der Waals surface area contributed by atoms with Crippen molar-refractivity contribution < 1.29 is 13.9 Å². The molecule has 20 heavy (non-hydrogen) atoms. The number of furan rings is 1. The number of hydrazone groups is 1. The van der Waals surface area contributed by atoms with Crippen LogP contribution >= 0.6 is 15.9 Å². The van der Waals surface area contributed by atoms with E-state index in [1.165, 1.54) is 6.21 Å². The number of ether oxygens (including phenoxy) is 1. The van der Waals surface area contributed by atoms with Crippen molar-refractivity contribution in [3.63, 3.8) is 0 Å². The second-order valence-electron chi connectivity index (χ2n) is 3.99. The molecule has 2 rings (SSSR count). The fourth-order valence-corrected chi connectivity index (χ4v) is 1.78. The molecule has 0 aliphatic heterocycles. The van der Waals surface area contributed by atoms with Crippen LogP contribution in [0.15, 0.2) is 50.6 Å². The van der Waals surface area contributed by atoms with Crippen LogP contribution in [0.5, 0.6) is 5.75 Å². The number of carbonyl (C=O) groups is 1. The number of nitrogens with zero attached hydrogens (tertiary/aromatic N) is 1. The fourth-order valence-electron chi connectivity index (χ4n) is 1.46. The van der Waals surface area contributed by atoms with E-state index < -0.39 is 0 Å².